The van der Waals surface area contributed by atoms with Crippen LogP contribution in [0.3, 0.4) is 0 Å². The van der Waals surface area contributed by atoms with Crippen molar-refractivity contribution in [3.05, 3.63) is 29.7 Å². The topological polar surface area (TPSA) is 58.4 Å². The lowest BCUT2D eigenvalue weighted by Gasteiger charge is -2.47. The standard InChI is InChI=1S/C21H27N3O2/c1-21(9-10-21)20-23-18-16(7-4-8-17(18)26-20)19(25)22-13-11-14-5-3-6-15(12-13)24(14)2/h4,7-8,13-15H,3,5-6,9-12H2,1-2H3,(H,22,25). The molecule has 2 atom stereocenters. The number of benzene rings is 1. The first-order valence-corrected chi connectivity index (χ1v) is 9.96. The maximum Gasteiger partial charge on any atom is 0.253 e. The summed E-state index contributed by atoms with van der Waals surface area (Å²) in [4.78, 5) is 20.2. The Balaban J connectivity index is 1.38. The van der Waals surface area contributed by atoms with Gasteiger partial charge in [0.2, 0.25) is 5.89 Å². The van der Waals surface area contributed by atoms with E-state index in [-0.39, 0.29) is 17.4 Å². The van der Waals surface area contributed by atoms with E-state index in [1.807, 2.05) is 18.2 Å². The van der Waals surface area contributed by atoms with Crippen molar-refractivity contribution < 1.29 is 9.21 Å². The van der Waals surface area contributed by atoms with Crippen LogP contribution in [0, 0.1) is 0 Å². The monoisotopic (exact) mass is 353 g/mol. The number of carbonyl (C=O) groups excluding carboxylic acids is 1. The van der Waals surface area contributed by atoms with Crippen LogP contribution in [0.2, 0.25) is 0 Å². The van der Waals surface area contributed by atoms with Gasteiger partial charge in [-0.05, 0) is 57.7 Å². The molecule has 1 aromatic carbocycles. The number of aromatic nitrogens is 1. The molecule has 26 heavy (non-hydrogen) atoms. The molecule has 1 N–H and O–H groups in total. The van der Waals surface area contributed by atoms with Crippen molar-refractivity contribution in [1.29, 1.82) is 0 Å². The zero-order valence-electron chi connectivity index (χ0n) is 15.6. The van der Waals surface area contributed by atoms with Gasteiger partial charge in [-0.2, -0.15) is 0 Å². The molecule has 5 heteroatoms. The van der Waals surface area contributed by atoms with Gasteiger partial charge in [0.15, 0.2) is 5.58 Å². The summed E-state index contributed by atoms with van der Waals surface area (Å²) in [5, 5.41) is 3.29. The summed E-state index contributed by atoms with van der Waals surface area (Å²) >= 11 is 0. The molecule has 3 heterocycles. The third-order valence-electron chi connectivity index (χ3n) is 6.85. The average molecular weight is 353 g/mol. The van der Waals surface area contributed by atoms with Crippen molar-refractivity contribution in [2.24, 2.45) is 0 Å². The second kappa shape index (κ2) is 5.81. The third-order valence-corrected chi connectivity index (χ3v) is 6.85. The number of rotatable bonds is 3. The van der Waals surface area contributed by atoms with Gasteiger partial charge in [0.25, 0.3) is 5.91 Å². The molecular formula is C21H27N3O2. The molecule has 5 nitrogen and oxygen atoms in total. The minimum Gasteiger partial charge on any atom is -0.440 e. The highest BCUT2D eigenvalue weighted by molar-refractivity contribution is 6.04. The van der Waals surface area contributed by atoms with Crippen LogP contribution in [0.4, 0.5) is 0 Å². The summed E-state index contributed by atoms with van der Waals surface area (Å²) in [6.45, 7) is 2.18. The molecule has 2 unspecified atom stereocenters. The fourth-order valence-electron chi connectivity index (χ4n) is 4.79. The number of para-hydroxylation sites is 1. The molecule has 0 radical (unpaired) electrons. The molecule has 1 amide bonds. The summed E-state index contributed by atoms with van der Waals surface area (Å²) in [6, 6.07) is 7.15. The Hall–Kier alpha value is -1.88. The maximum atomic E-state index is 13.0. The summed E-state index contributed by atoms with van der Waals surface area (Å²) in [5.41, 5.74) is 2.14. The van der Waals surface area contributed by atoms with Crippen molar-refractivity contribution in [2.45, 2.75) is 75.4 Å². The van der Waals surface area contributed by atoms with Gasteiger partial charge in [-0.15, -0.1) is 0 Å². The Labute approximate surface area is 154 Å². The largest absolute Gasteiger partial charge is 0.440 e. The van der Waals surface area contributed by atoms with E-state index in [1.54, 1.807) is 0 Å². The van der Waals surface area contributed by atoms with E-state index in [0.717, 1.165) is 37.2 Å². The van der Waals surface area contributed by atoms with Crippen LogP contribution in [0.5, 0.6) is 0 Å². The van der Waals surface area contributed by atoms with Crippen LogP contribution in [0.15, 0.2) is 22.6 Å². The second-order valence-electron chi connectivity index (χ2n) is 8.78. The van der Waals surface area contributed by atoms with Crippen LogP contribution >= 0.6 is 0 Å². The van der Waals surface area contributed by atoms with E-state index >= 15 is 0 Å². The number of hydrogen-bond acceptors (Lipinski definition) is 4. The maximum absolute atomic E-state index is 13.0. The normalized spacial score (nSPS) is 30.3. The summed E-state index contributed by atoms with van der Waals surface area (Å²) in [5.74, 6) is 0.769. The molecule has 138 valence electrons. The fraction of sp³-hybridized carbons (Fsp3) is 0.619. The van der Waals surface area contributed by atoms with E-state index < -0.39 is 0 Å². The van der Waals surface area contributed by atoms with Crippen LogP contribution in [-0.4, -0.2) is 41.0 Å². The molecule has 2 aliphatic heterocycles. The zero-order chi connectivity index (χ0) is 17.9. The van der Waals surface area contributed by atoms with E-state index in [2.05, 4.69) is 24.2 Å². The molecule has 3 aliphatic rings. The first-order chi connectivity index (χ1) is 12.5. The lowest BCUT2D eigenvalue weighted by atomic mass is 9.82. The molecule has 2 saturated heterocycles. The average Bonchev–Trinajstić information content (AvgIpc) is 3.19. The summed E-state index contributed by atoms with van der Waals surface area (Å²) < 4.78 is 5.95. The van der Waals surface area contributed by atoms with Gasteiger partial charge >= 0.3 is 0 Å². The summed E-state index contributed by atoms with van der Waals surface area (Å²) in [7, 11) is 2.24. The Morgan fingerprint density at radius 1 is 1.27 bits per heavy atom. The van der Waals surface area contributed by atoms with E-state index in [9.17, 15) is 4.79 Å². The van der Waals surface area contributed by atoms with Crippen LogP contribution < -0.4 is 5.32 Å². The predicted octanol–water partition coefficient (Wildman–Crippen LogP) is 3.62. The number of hydrogen-bond donors (Lipinski definition) is 1. The number of nitrogens with one attached hydrogen (secondary N) is 1. The number of carbonyl (C=O) groups is 1. The van der Waals surface area contributed by atoms with E-state index in [4.69, 9.17) is 9.40 Å². The molecule has 5 rings (SSSR count). The molecule has 2 aromatic rings. The zero-order valence-corrected chi connectivity index (χ0v) is 15.6. The Morgan fingerprint density at radius 2 is 2.00 bits per heavy atom. The SMILES string of the molecule is CN1C2CCCC1CC(NC(=O)c1cccc3oc(C4(C)CC4)nc13)C2. The molecule has 0 spiro atoms. The molecule has 1 aromatic heterocycles. The Morgan fingerprint density at radius 3 is 2.69 bits per heavy atom. The van der Waals surface area contributed by atoms with Crippen molar-refractivity contribution in [3.63, 3.8) is 0 Å². The van der Waals surface area contributed by atoms with Gasteiger partial charge in [-0.3, -0.25) is 4.79 Å². The van der Waals surface area contributed by atoms with E-state index in [0.29, 0.717) is 23.2 Å². The first kappa shape index (κ1) is 16.3. The van der Waals surface area contributed by atoms with Crippen LogP contribution in [0.1, 0.15) is 68.1 Å². The van der Waals surface area contributed by atoms with Crippen molar-refractivity contribution in [2.75, 3.05) is 7.05 Å². The third kappa shape index (κ3) is 2.64. The molecular weight excluding hydrogens is 326 g/mol. The Kier molecular flexibility index (Phi) is 3.64. The number of oxazole rings is 1. The number of fused-ring (bicyclic) bond motifs is 3. The quantitative estimate of drug-likeness (QED) is 0.915. The van der Waals surface area contributed by atoms with Gasteiger partial charge in [0.05, 0.1) is 5.56 Å². The molecule has 3 fully saturated rings. The predicted molar refractivity (Wildman–Crippen MR) is 100 cm³/mol. The number of amides is 1. The van der Waals surface area contributed by atoms with Crippen LogP contribution in [-0.2, 0) is 5.41 Å². The molecule has 2 bridgehead atoms. The highest BCUT2D eigenvalue weighted by Gasteiger charge is 2.44. The lowest BCUT2D eigenvalue weighted by Crippen LogP contribution is -2.55. The number of piperidine rings is 2. The van der Waals surface area contributed by atoms with Crippen LogP contribution in [0.25, 0.3) is 11.1 Å². The molecule has 1 aliphatic carbocycles. The highest BCUT2D eigenvalue weighted by Crippen LogP contribution is 2.47. The fourth-order valence-corrected chi connectivity index (χ4v) is 4.79. The van der Waals surface area contributed by atoms with Gasteiger partial charge in [-0.25, -0.2) is 4.98 Å². The lowest BCUT2D eigenvalue weighted by molar-refractivity contribution is 0.0463. The van der Waals surface area contributed by atoms with Gasteiger partial charge < -0.3 is 14.6 Å². The van der Waals surface area contributed by atoms with Crippen molar-refractivity contribution in [1.82, 2.24) is 15.2 Å². The first-order valence-electron chi connectivity index (χ1n) is 9.96. The van der Waals surface area contributed by atoms with E-state index in [1.165, 1.54) is 19.3 Å². The van der Waals surface area contributed by atoms with Gasteiger partial charge in [-0.1, -0.05) is 19.4 Å². The highest BCUT2D eigenvalue weighted by atomic mass is 16.3. The van der Waals surface area contributed by atoms with Gasteiger partial charge in [0.1, 0.15) is 5.52 Å². The molecule has 1 saturated carbocycles. The van der Waals surface area contributed by atoms with Crippen molar-refractivity contribution in [3.8, 4) is 0 Å². The Bertz CT molecular complexity index is 840. The second-order valence-corrected chi connectivity index (χ2v) is 8.78. The number of nitrogens with zero attached hydrogens (tertiary/aromatic N) is 2. The summed E-state index contributed by atoms with van der Waals surface area (Å²) in [6.07, 6.45) is 8.15. The smallest absolute Gasteiger partial charge is 0.253 e. The minimum atomic E-state index is -0.0102. The van der Waals surface area contributed by atoms with Gasteiger partial charge in [0, 0.05) is 23.5 Å². The van der Waals surface area contributed by atoms with Crippen molar-refractivity contribution >= 4 is 17.0 Å². The minimum absolute atomic E-state index is 0.0102.